The SMILES string of the molecule is COc1cc(-c2nc3ccccc3c(=O)n2CC(=O)N2CCN(c3ccc(C)cc3)CC2)cc(OC)c1OC. The molecular weight excluding hydrogens is 496 g/mol. The summed E-state index contributed by atoms with van der Waals surface area (Å²) in [6.45, 7) is 4.52. The molecule has 0 bridgehead atoms. The standard InChI is InChI=1S/C30H32N4O5/c1-20-9-11-22(12-10-20)32-13-15-33(16-14-32)27(35)19-34-29(31-24-8-6-5-7-23(24)30(34)36)21-17-25(37-2)28(39-4)26(18-21)38-3/h5-12,17-18H,13-16,19H2,1-4H3. The minimum absolute atomic E-state index is 0.132. The van der Waals surface area contributed by atoms with E-state index in [4.69, 9.17) is 19.2 Å². The molecule has 9 heteroatoms. The molecule has 0 saturated carbocycles. The number of hydrogen-bond acceptors (Lipinski definition) is 7. The molecule has 0 N–H and O–H groups in total. The fraction of sp³-hybridized carbons (Fsp3) is 0.300. The lowest BCUT2D eigenvalue weighted by Crippen LogP contribution is -2.50. The van der Waals surface area contributed by atoms with Crippen LogP contribution in [0.2, 0.25) is 0 Å². The predicted molar refractivity (Wildman–Crippen MR) is 151 cm³/mol. The maximum Gasteiger partial charge on any atom is 0.262 e. The highest BCUT2D eigenvalue weighted by Gasteiger charge is 2.25. The summed E-state index contributed by atoms with van der Waals surface area (Å²) >= 11 is 0. The van der Waals surface area contributed by atoms with Crippen molar-refractivity contribution >= 4 is 22.5 Å². The molecule has 1 fully saturated rings. The van der Waals surface area contributed by atoms with Gasteiger partial charge < -0.3 is 24.0 Å². The zero-order valence-electron chi connectivity index (χ0n) is 22.6. The van der Waals surface area contributed by atoms with Crippen molar-refractivity contribution in [1.29, 1.82) is 0 Å². The molecule has 202 valence electrons. The molecule has 39 heavy (non-hydrogen) atoms. The summed E-state index contributed by atoms with van der Waals surface area (Å²) < 4.78 is 18.0. The number of carbonyl (C=O) groups excluding carboxylic acids is 1. The number of amides is 1. The molecule has 3 aromatic carbocycles. The van der Waals surface area contributed by atoms with Gasteiger partial charge in [-0.15, -0.1) is 0 Å². The van der Waals surface area contributed by atoms with Gasteiger partial charge in [-0.2, -0.15) is 0 Å². The molecule has 1 amide bonds. The van der Waals surface area contributed by atoms with Crippen molar-refractivity contribution in [2.75, 3.05) is 52.4 Å². The van der Waals surface area contributed by atoms with Gasteiger partial charge in [0.1, 0.15) is 12.4 Å². The van der Waals surface area contributed by atoms with Crippen LogP contribution in [0.5, 0.6) is 17.2 Å². The van der Waals surface area contributed by atoms with E-state index in [-0.39, 0.29) is 18.0 Å². The van der Waals surface area contributed by atoms with Crippen LogP contribution < -0.4 is 24.7 Å². The Morgan fingerprint density at radius 1 is 0.872 bits per heavy atom. The van der Waals surface area contributed by atoms with Crippen LogP contribution in [0.1, 0.15) is 5.56 Å². The van der Waals surface area contributed by atoms with E-state index >= 15 is 0 Å². The van der Waals surface area contributed by atoms with Gasteiger partial charge in [-0.05, 0) is 43.3 Å². The molecule has 2 heterocycles. The maximum atomic E-state index is 13.7. The van der Waals surface area contributed by atoms with Crippen LogP contribution in [0, 0.1) is 6.92 Å². The highest BCUT2D eigenvalue weighted by Crippen LogP contribution is 2.40. The smallest absolute Gasteiger partial charge is 0.262 e. The van der Waals surface area contributed by atoms with Gasteiger partial charge in [-0.25, -0.2) is 4.98 Å². The van der Waals surface area contributed by atoms with E-state index in [9.17, 15) is 9.59 Å². The van der Waals surface area contributed by atoms with Crippen LogP contribution in [0.15, 0.2) is 65.5 Å². The van der Waals surface area contributed by atoms with E-state index in [1.807, 2.05) is 11.0 Å². The Balaban J connectivity index is 1.48. The number of carbonyl (C=O) groups is 1. The van der Waals surface area contributed by atoms with Gasteiger partial charge >= 0.3 is 0 Å². The summed E-state index contributed by atoms with van der Waals surface area (Å²) in [6.07, 6.45) is 0. The first-order valence-electron chi connectivity index (χ1n) is 12.8. The van der Waals surface area contributed by atoms with Crippen molar-refractivity contribution in [3.05, 3.63) is 76.6 Å². The Morgan fingerprint density at radius 3 is 2.13 bits per heavy atom. The van der Waals surface area contributed by atoms with E-state index < -0.39 is 0 Å². The Labute approximate surface area is 227 Å². The minimum Gasteiger partial charge on any atom is -0.493 e. The number of ether oxygens (including phenoxy) is 3. The molecule has 1 saturated heterocycles. The lowest BCUT2D eigenvalue weighted by molar-refractivity contribution is -0.132. The van der Waals surface area contributed by atoms with E-state index in [1.54, 1.807) is 30.3 Å². The predicted octanol–water partition coefficient (Wildman–Crippen LogP) is 3.75. The molecular formula is C30H32N4O5. The van der Waals surface area contributed by atoms with Gasteiger partial charge in [0.25, 0.3) is 5.56 Å². The third-order valence-electron chi connectivity index (χ3n) is 7.11. The fourth-order valence-electron chi connectivity index (χ4n) is 4.95. The summed E-state index contributed by atoms with van der Waals surface area (Å²) in [4.78, 5) is 36.1. The first-order chi connectivity index (χ1) is 18.9. The first kappa shape index (κ1) is 26.1. The molecule has 0 atom stereocenters. The Bertz CT molecular complexity index is 1530. The van der Waals surface area contributed by atoms with Crippen molar-refractivity contribution in [2.24, 2.45) is 0 Å². The largest absolute Gasteiger partial charge is 0.493 e. The van der Waals surface area contributed by atoms with Crippen LogP contribution in [0.25, 0.3) is 22.3 Å². The molecule has 9 nitrogen and oxygen atoms in total. The third-order valence-corrected chi connectivity index (χ3v) is 7.11. The van der Waals surface area contributed by atoms with Crippen LogP contribution in [-0.4, -0.2) is 67.9 Å². The summed E-state index contributed by atoms with van der Waals surface area (Å²) in [5.41, 5.74) is 3.19. The summed E-state index contributed by atoms with van der Waals surface area (Å²) in [5.74, 6) is 1.51. The molecule has 1 aliphatic rings. The molecule has 1 aromatic heterocycles. The van der Waals surface area contributed by atoms with Gasteiger partial charge in [0, 0.05) is 37.4 Å². The van der Waals surface area contributed by atoms with Crippen molar-refractivity contribution in [2.45, 2.75) is 13.5 Å². The van der Waals surface area contributed by atoms with Gasteiger partial charge in [0.15, 0.2) is 11.5 Å². The summed E-state index contributed by atoms with van der Waals surface area (Å²) in [7, 11) is 4.59. The molecule has 0 unspecified atom stereocenters. The average molecular weight is 529 g/mol. The Kier molecular flexibility index (Phi) is 7.40. The molecule has 5 rings (SSSR count). The second kappa shape index (κ2) is 11.1. The van der Waals surface area contributed by atoms with E-state index in [0.29, 0.717) is 52.6 Å². The molecule has 4 aromatic rings. The highest BCUT2D eigenvalue weighted by molar-refractivity contribution is 5.82. The zero-order valence-corrected chi connectivity index (χ0v) is 22.6. The number of hydrogen-bond donors (Lipinski definition) is 0. The van der Waals surface area contributed by atoms with E-state index in [2.05, 4.69) is 36.1 Å². The number of piperazine rings is 1. The van der Waals surface area contributed by atoms with Crippen molar-refractivity contribution in [1.82, 2.24) is 14.5 Å². The van der Waals surface area contributed by atoms with Crippen LogP contribution in [0.3, 0.4) is 0 Å². The van der Waals surface area contributed by atoms with Crippen molar-refractivity contribution in [3.8, 4) is 28.6 Å². The van der Waals surface area contributed by atoms with Gasteiger partial charge in [0.2, 0.25) is 11.7 Å². The average Bonchev–Trinajstić information content (AvgIpc) is 2.98. The van der Waals surface area contributed by atoms with Crippen LogP contribution in [-0.2, 0) is 11.3 Å². The van der Waals surface area contributed by atoms with Gasteiger partial charge in [-0.1, -0.05) is 29.8 Å². The normalized spacial score (nSPS) is 13.4. The van der Waals surface area contributed by atoms with E-state index in [1.165, 1.54) is 31.5 Å². The second-order valence-electron chi connectivity index (χ2n) is 9.46. The lowest BCUT2D eigenvalue weighted by atomic mass is 10.1. The Morgan fingerprint density at radius 2 is 1.51 bits per heavy atom. The zero-order chi connectivity index (χ0) is 27.5. The highest BCUT2D eigenvalue weighted by atomic mass is 16.5. The van der Waals surface area contributed by atoms with Crippen LogP contribution in [0.4, 0.5) is 5.69 Å². The number of anilines is 1. The first-order valence-corrected chi connectivity index (χ1v) is 12.8. The number of nitrogens with zero attached hydrogens (tertiary/aromatic N) is 4. The molecule has 0 aliphatic carbocycles. The number of aromatic nitrogens is 2. The Hall–Kier alpha value is -4.53. The quantitative estimate of drug-likeness (QED) is 0.361. The van der Waals surface area contributed by atoms with Crippen LogP contribution >= 0.6 is 0 Å². The summed E-state index contributed by atoms with van der Waals surface area (Å²) in [6, 6.07) is 19.0. The van der Waals surface area contributed by atoms with E-state index in [0.717, 1.165) is 18.8 Å². The lowest BCUT2D eigenvalue weighted by Gasteiger charge is -2.36. The fourth-order valence-corrected chi connectivity index (χ4v) is 4.95. The van der Waals surface area contributed by atoms with Crippen molar-refractivity contribution in [3.63, 3.8) is 0 Å². The molecule has 0 radical (unpaired) electrons. The maximum absolute atomic E-state index is 13.7. The summed E-state index contributed by atoms with van der Waals surface area (Å²) in [5, 5.41) is 0.450. The monoisotopic (exact) mass is 528 g/mol. The number of rotatable bonds is 7. The van der Waals surface area contributed by atoms with Gasteiger partial charge in [0.05, 0.1) is 32.2 Å². The second-order valence-corrected chi connectivity index (χ2v) is 9.46. The van der Waals surface area contributed by atoms with Gasteiger partial charge in [-0.3, -0.25) is 14.2 Å². The minimum atomic E-state index is -0.281. The number of benzene rings is 3. The van der Waals surface area contributed by atoms with Crippen molar-refractivity contribution < 1.29 is 19.0 Å². The number of aryl methyl sites for hydroxylation is 1. The number of methoxy groups -OCH3 is 3. The molecule has 1 aliphatic heterocycles. The molecule has 0 spiro atoms. The number of para-hydroxylation sites is 1. The topological polar surface area (TPSA) is 86.1 Å². The third kappa shape index (κ3) is 5.12. The number of fused-ring (bicyclic) bond motifs is 1.